The summed E-state index contributed by atoms with van der Waals surface area (Å²) in [6.07, 6.45) is 1.84. The Morgan fingerprint density at radius 2 is 1.46 bits per heavy atom. The van der Waals surface area contributed by atoms with Crippen LogP contribution in [0.5, 0.6) is 0 Å². The van der Waals surface area contributed by atoms with Crippen LogP contribution in [0.3, 0.4) is 0 Å². The first-order valence-electron chi connectivity index (χ1n) is 17.4. The molecule has 50 heavy (non-hydrogen) atoms. The van der Waals surface area contributed by atoms with Crippen LogP contribution in [0.4, 0.5) is 4.79 Å². The second kappa shape index (κ2) is 16.0. The second-order valence-corrected chi connectivity index (χ2v) is 14.2. The summed E-state index contributed by atoms with van der Waals surface area (Å²) >= 11 is 0. The van der Waals surface area contributed by atoms with E-state index >= 15 is 0 Å². The highest BCUT2D eigenvalue weighted by atomic mass is 16.6. The maximum absolute atomic E-state index is 14.6. The van der Waals surface area contributed by atoms with E-state index in [0.717, 1.165) is 16.7 Å². The van der Waals surface area contributed by atoms with Crippen LogP contribution in [0, 0.1) is 17.2 Å². The number of rotatable bonds is 10. The number of nitrogens with one attached hydrogen (secondary N) is 2. The van der Waals surface area contributed by atoms with Crippen LogP contribution in [0.25, 0.3) is 0 Å². The molecule has 2 aliphatic rings. The third kappa shape index (κ3) is 8.70. The van der Waals surface area contributed by atoms with Gasteiger partial charge in [-0.2, -0.15) is 5.26 Å². The Bertz CT molecular complexity index is 1630. The number of nitrogens with zero attached hydrogens (tertiary/aromatic N) is 3. The van der Waals surface area contributed by atoms with E-state index in [-0.39, 0.29) is 30.7 Å². The zero-order valence-corrected chi connectivity index (χ0v) is 29.2. The molecular formula is C40H47N5O5. The predicted molar refractivity (Wildman–Crippen MR) is 189 cm³/mol. The third-order valence-electron chi connectivity index (χ3n) is 9.59. The Morgan fingerprint density at radius 1 is 0.900 bits per heavy atom. The summed E-state index contributed by atoms with van der Waals surface area (Å²) in [6, 6.07) is 27.5. The molecule has 0 saturated carbocycles. The van der Waals surface area contributed by atoms with Crippen molar-refractivity contribution < 1.29 is 23.9 Å². The minimum atomic E-state index is -1.05. The quantitative estimate of drug-likeness (QED) is 0.290. The van der Waals surface area contributed by atoms with Gasteiger partial charge < -0.3 is 20.3 Å². The van der Waals surface area contributed by atoms with E-state index in [4.69, 9.17) is 4.74 Å². The molecule has 0 aliphatic carbocycles. The van der Waals surface area contributed by atoms with Crippen molar-refractivity contribution in [2.45, 2.75) is 95.1 Å². The lowest BCUT2D eigenvalue weighted by Crippen LogP contribution is -2.59. The smallest absolute Gasteiger partial charge is 0.410 e. The SMILES string of the molecule is CN(C(=O)OC(C)(C)C)[C@H](Cc1ccccc1)C(=O)N[C@@H]1C(=O)N2[C@@H](CC[C@@H]1CC#N)CC[C@H]2C(=O)NC(c1ccccc1)c1ccccc1. The lowest BCUT2D eigenvalue weighted by Gasteiger charge is -2.34. The molecule has 2 fully saturated rings. The zero-order chi connectivity index (χ0) is 35.8. The van der Waals surface area contributed by atoms with E-state index in [1.807, 2.05) is 91.0 Å². The van der Waals surface area contributed by atoms with Crippen molar-refractivity contribution in [3.63, 3.8) is 0 Å². The Morgan fingerprint density at radius 3 is 2.02 bits per heavy atom. The van der Waals surface area contributed by atoms with Crippen LogP contribution >= 0.6 is 0 Å². The van der Waals surface area contributed by atoms with Crippen molar-refractivity contribution in [3.05, 3.63) is 108 Å². The fourth-order valence-corrected chi connectivity index (χ4v) is 7.05. The first-order valence-corrected chi connectivity index (χ1v) is 17.4. The molecule has 2 saturated heterocycles. The molecule has 5 rings (SSSR count). The largest absolute Gasteiger partial charge is 0.444 e. The van der Waals surface area contributed by atoms with Crippen LogP contribution in [-0.4, -0.2) is 70.4 Å². The van der Waals surface area contributed by atoms with Crippen molar-refractivity contribution in [1.82, 2.24) is 20.4 Å². The summed E-state index contributed by atoms with van der Waals surface area (Å²) in [5.74, 6) is -1.64. The van der Waals surface area contributed by atoms with Crippen molar-refractivity contribution in [1.29, 1.82) is 5.26 Å². The molecule has 3 aromatic carbocycles. The molecule has 5 atom stereocenters. The van der Waals surface area contributed by atoms with Crippen LogP contribution < -0.4 is 10.6 Å². The molecule has 10 heteroatoms. The number of nitriles is 1. The van der Waals surface area contributed by atoms with Gasteiger partial charge in [0.15, 0.2) is 0 Å². The summed E-state index contributed by atoms with van der Waals surface area (Å²) in [5.41, 5.74) is 1.88. The molecule has 0 aromatic heterocycles. The summed E-state index contributed by atoms with van der Waals surface area (Å²) in [5, 5.41) is 15.9. The van der Waals surface area contributed by atoms with Crippen LogP contribution in [0.1, 0.15) is 75.6 Å². The first-order chi connectivity index (χ1) is 24.0. The molecule has 2 N–H and O–H groups in total. The van der Waals surface area contributed by atoms with Crippen molar-refractivity contribution in [3.8, 4) is 6.07 Å². The van der Waals surface area contributed by atoms with Crippen molar-refractivity contribution >= 4 is 23.8 Å². The minimum absolute atomic E-state index is 0.0590. The highest BCUT2D eigenvalue weighted by Crippen LogP contribution is 2.36. The zero-order valence-electron chi connectivity index (χ0n) is 29.2. The van der Waals surface area contributed by atoms with Crippen molar-refractivity contribution in [2.75, 3.05) is 7.05 Å². The van der Waals surface area contributed by atoms with Gasteiger partial charge in [-0.3, -0.25) is 19.3 Å². The maximum atomic E-state index is 14.6. The van der Waals surface area contributed by atoms with Gasteiger partial charge >= 0.3 is 6.09 Å². The number of amides is 4. The summed E-state index contributed by atoms with van der Waals surface area (Å²) in [7, 11) is 1.51. The number of fused-ring (bicyclic) bond motifs is 1. The van der Waals surface area contributed by atoms with Gasteiger partial charge in [0.2, 0.25) is 17.7 Å². The van der Waals surface area contributed by atoms with Gasteiger partial charge in [-0.25, -0.2) is 4.79 Å². The van der Waals surface area contributed by atoms with Crippen molar-refractivity contribution in [2.24, 2.45) is 5.92 Å². The van der Waals surface area contributed by atoms with E-state index in [1.165, 1.54) is 11.9 Å². The van der Waals surface area contributed by atoms with E-state index in [0.29, 0.717) is 25.7 Å². The third-order valence-corrected chi connectivity index (χ3v) is 9.59. The highest BCUT2D eigenvalue weighted by molar-refractivity contribution is 5.95. The molecule has 4 amide bonds. The fraction of sp³-hybridized carbons (Fsp3) is 0.425. The topological polar surface area (TPSA) is 132 Å². The molecule has 0 spiro atoms. The lowest BCUT2D eigenvalue weighted by atomic mass is 9.90. The van der Waals surface area contributed by atoms with E-state index in [1.54, 1.807) is 25.7 Å². The van der Waals surface area contributed by atoms with Gasteiger partial charge in [-0.05, 0) is 63.1 Å². The van der Waals surface area contributed by atoms with Crippen LogP contribution in [0.2, 0.25) is 0 Å². The van der Waals surface area contributed by atoms with Gasteiger partial charge in [0, 0.05) is 31.8 Å². The van der Waals surface area contributed by atoms with E-state index < -0.39 is 47.7 Å². The maximum Gasteiger partial charge on any atom is 0.410 e. The minimum Gasteiger partial charge on any atom is -0.444 e. The average Bonchev–Trinajstić information content (AvgIpc) is 3.49. The Labute approximate surface area is 294 Å². The molecule has 2 aliphatic heterocycles. The Kier molecular flexibility index (Phi) is 11.6. The molecule has 10 nitrogen and oxygen atoms in total. The molecular weight excluding hydrogens is 630 g/mol. The van der Waals surface area contributed by atoms with Crippen LogP contribution in [-0.2, 0) is 25.5 Å². The van der Waals surface area contributed by atoms with Gasteiger partial charge in [0.1, 0.15) is 23.7 Å². The average molecular weight is 678 g/mol. The second-order valence-electron chi connectivity index (χ2n) is 14.2. The summed E-state index contributed by atoms with van der Waals surface area (Å²) in [6.45, 7) is 5.26. The van der Waals surface area contributed by atoms with E-state index in [2.05, 4.69) is 16.7 Å². The molecule has 0 radical (unpaired) electrons. The molecule has 262 valence electrons. The standard InChI is InChI=1S/C40H47N5O5/c1-40(2,3)50-39(49)44(4)33(26-27-14-8-5-9-15-27)37(47)43-35-30(24-25-41)20-21-31-22-23-32(45(31)38(35)48)36(46)42-34(28-16-10-6-11-17-28)29-18-12-7-13-19-29/h5-19,30-35H,20-24,26H2,1-4H3,(H,42,46)(H,43,47)/t30-,31+,32+,33-,35+/m1/s1. The first kappa shape index (κ1) is 36.1. The number of hydrogen-bond acceptors (Lipinski definition) is 6. The highest BCUT2D eigenvalue weighted by Gasteiger charge is 2.48. The predicted octanol–water partition coefficient (Wildman–Crippen LogP) is 5.54. The number of benzene rings is 3. The number of hydrogen-bond donors (Lipinski definition) is 2. The van der Waals surface area contributed by atoms with Gasteiger partial charge in [0.05, 0.1) is 12.1 Å². The fourth-order valence-electron chi connectivity index (χ4n) is 7.05. The van der Waals surface area contributed by atoms with Gasteiger partial charge in [-0.1, -0.05) is 91.0 Å². The number of ether oxygens (including phenoxy) is 1. The number of likely N-dealkylation sites (N-methyl/N-ethyl adjacent to an activating group) is 1. The summed E-state index contributed by atoms with van der Waals surface area (Å²) < 4.78 is 5.60. The normalized spacial score (nSPS) is 21.0. The molecule has 3 aromatic rings. The molecule has 2 heterocycles. The number of carbonyl (C=O) groups excluding carboxylic acids is 4. The van der Waals surface area contributed by atoms with Crippen LogP contribution in [0.15, 0.2) is 91.0 Å². The Balaban J connectivity index is 1.41. The van der Waals surface area contributed by atoms with Gasteiger partial charge in [-0.15, -0.1) is 0 Å². The summed E-state index contributed by atoms with van der Waals surface area (Å²) in [4.78, 5) is 59.0. The monoisotopic (exact) mass is 677 g/mol. The number of carbonyl (C=O) groups is 4. The lowest BCUT2D eigenvalue weighted by molar-refractivity contribution is -0.144. The van der Waals surface area contributed by atoms with Gasteiger partial charge in [0.25, 0.3) is 0 Å². The Hall–Kier alpha value is -5.17. The molecule has 0 unspecified atom stereocenters. The molecule has 0 bridgehead atoms. The van der Waals surface area contributed by atoms with E-state index in [9.17, 15) is 24.4 Å².